The summed E-state index contributed by atoms with van der Waals surface area (Å²) in [6.45, 7) is 0.449. The summed E-state index contributed by atoms with van der Waals surface area (Å²) < 4.78 is 25.9. The Morgan fingerprint density at radius 1 is 1.35 bits per heavy atom. The molecule has 1 N–H and O–H groups in total. The number of aliphatic carboxylic acids is 1. The van der Waals surface area contributed by atoms with Gasteiger partial charge in [0.05, 0.1) is 11.7 Å². The van der Waals surface area contributed by atoms with Gasteiger partial charge in [-0.15, -0.1) is 0 Å². The maximum atomic E-state index is 12.3. The van der Waals surface area contributed by atoms with E-state index in [4.69, 9.17) is 16.7 Å². The standard InChI is InChI=1S/C13H16ClNO4S/c14-12-5-3-10(4-6-12)9-20(18,19)15-7-1-2-11(8-15)13(16)17/h3-6,11H,1-2,7-9H2,(H,16,17). The summed E-state index contributed by atoms with van der Waals surface area (Å²) in [6, 6.07) is 6.61. The van der Waals surface area contributed by atoms with E-state index in [2.05, 4.69) is 0 Å². The highest BCUT2D eigenvalue weighted by molar-refractivity contribution is 7.88. The topological polar surface area (TPSA) is 74.7 Å². The van der Waals surface area contributed by atoms with Gasteiger partial charge in [0.15, 0.2) is 0 Å². The van der Waals surface area contributed by atoms with Crippen molar-refractivity contribution >= 4 is 27.6 Å². The lowest BCUT2D eigenvalue weighted by molar-refractivity contribution is -0.142. The Morgan fingerprint density at radius 3 is 2.60 bits per heavy atom. The Balaban J connectivity index is 2.09. The highest BCUT2D eigenvalue weighted by atomic mass is 35.5. The summed E-state index contributed by atoms with van der Waals surface area (Å²) in [5.41, 5.74) is 0.645. The highest BCUT2D eigenvalue weighted by Gasteiger charge is 2.32. The number of sulfonamides is 1. The molecule has 1 atom stereocenters. The van der Waals surface area contributed by atoms with Crippen molar-refractivity contribution in [2.75, 3.05) is 13.1 Å². The average Bonchev–Trinajstić information content (AvgIpc) is 2.41. The molecule has 0 aromatic heterocycles. The molecule has 1 aliphatic rings. The molecule has 0 radical (unpaired) electrons. The second kappa shape index (κ2) is 6.11. The highest BCUT2D eigenvalue weighted by Crippen LogP contribution is 2.22. The molecule has 1 heterocycles. The first-order chi connectivity index (χ1) is 9.38. The monoisotopic (exact) mass is 317 g/mol. The molecule has 110 valence electrons. The molecule has 1 unspecified atom stereocenters. The fourth-order valence-electron chi connectivity index (χ4n) is 2.28. The Bertz CT molecular complexity index is 585. The van der Waals surface area contributed by atoms with Crippen LogP contribution in [0.4, 0.5) is 0 Å². The number of carboxylic acid groups (broad SMARTS) is 1. The van der Waals surface area contributed by atoms with Crippen molar-refractivity contribution in [3.8, 4) is 0 Å². The maximum absolute atomic E-state index is 12.3. The number of piperidine rings is 1. The molecule has 1 aromatic rings. The Hall–Kier alpha value is -1.11. The fourth-order valence-corrected chi connectivity index (χ4v) is 4.02. The lowest BCUT2D eigenvalue weighted by Gasteiger charge is -2.29. The molecule has 0 bridgehead atoms. The second-order valence-corrected chi connectivity index (χ2v) is 7.32. The number of nitrogens with zero attached hydrogens (tertiary/aromatic N) is 1. The van der Waals surface area contributed by atoms with Crippen molar-refractivity contribution in [2.45, 2.75) is 18.6 Å². The van der Waals surface area contributed by atoms with Gasteiger partial charge in [-0.3, -0.25) is 4.79 Å². The molecule has 1 aromatic carbocycles. The molecular weight excluding hydrogens is 302 g/mol. The van der Waals surface area contributed by atoms with E-state index in [-0.39, 0.29) is 12.3 Å². The van der Waals surface area contributed by atoms with E-state index in [1.54, 1.807) is 24.3 Å². The van der Waals surface area contributed by atoms with Gasteiger partial charge >= 0.3 is 5.97 Å². The molecule has 0 aliphatic carbocycles. The van der Waals surface area contributed by atoms with Crippen LogP contribution in [0.2, 0.25) is 5.02 Å². The van der Waals surface area contributed by atoms with Crippen molar-refractivity contribution in [2.24, 2.45) is 5.92 Å². The summed E-state index contributed by atoms with van der Waals surface area (Å²) in [7, 11) is -3.49. The van der Waals surface area contributed by atoms with Gasteiger partial charge in [-0.25, -0.2) is 12.7 Å². The Morgan fingerprint density at radius 2 is 2.00 bits per heavy atom. The number of hydrogen-bond acceptors (Lipinski definition) is 3. The summed E-state index contributed by atoms with van der Waals surface area (Å²) in [6.07, 6.45) is 1.11. The lowest BCUT2D eigenvalue weighted by atomic mass is 10.0. The van der Waals surface area contributed by atoms with Gasteiger partial charge in [0.25, 0.3) is 0 Å². The zero-order valence-corrected chi connectivity index (χ0v) is 12.4. The first-order valence-electron chi connectivity index (χ1n) is 6.33. The lowest BCUT2D eigenvalue weighted by Crippen LogP contribution is -2.42. The number of carboxylic acids is 1. The zero-order chi connectivity index (χ0) is 14.8. The molecule has 1 fully saturated rings. The van der Waals surface area contributed by atoms with E-state index in [1.165, 1.54) is 4.31 Å². The fraction of sp³-hybridized carbons (Fsp3) is 0.462. The summed E-state index contributed by atoms with van der Waals surface area (Å²) in [5.74, 6) is -1.67. The molecule has 1 saturated heterocycles. The molecule has 0 spiro atoms. The smallest absolute Gasteiger partial charge is 0.307 e. The van der Waals surface area contributed by atoms with Crippen molar-refractivity contribution in [3.63, 3.8) is 0 Å². The molecule has 0 amide bonds. The van der Waals surface area contributed by atoms with Crippen molar-refractivity contribution in [3.05, 3.63) is 34.9 Å². The van der Waals surface area contributed by atoms with Crippen LogP contribution in [0.3, 0.4) is 0 Å². The predicted octanol–water partition coefficient (Wildman–Crippen LogP) is 1.97. The molecule has 7 heteroatoms. The van der Waals surface area contributed by atoms with Crippen LogP contribution in [0.25, 0.3) is 0 Å². The minimum atomic E-state index is -3.49. The molecule has 20 heavy (non-hydrogen) atoms. The van der Waals surface area contributed by atoms with E-state index in [0.717, 1.165) is 0 Å². The summed E-state index contributed by atoms with van der Waals surface area (Å²) in [4.78, 5) is 11.0. The van der Waals surface area contributed by atoms with E-state index < -0.39 is 21.9 Å². The predicted molar refractivity (Wildman–Crippen MR) is 76.0 cm³/mol. The quantitative estimate of drug-likeness (QED) is 0.921. The van der Waals surface area contributed by atoms with Gasteiger partial charge < -0.3 is 5.11 Å². The van der Waals surface area contributed by atoms with Crippen LogP contribution >= 0.6 is 11.6 Å². The number of hydrogen-bond donors (Lipinski definition) is 1. The van der Waals surface area contributed by atoms with Gasteiger partial charge in [0.1, 0.15) is 0 Å². The van der Waals surface area contributed by atoms with Crippen LogP contribution in [0.15, 0.2) is 24.3 Å². The molecule has 2 rings (SSSR count). The maximum Gasteiger partial charge on any atom is 0.307 e. The van der Waals surface area contributed by atoms with Crippen LogP contribution in [0.5, 0.6) is 0 Å². The van der Waals surface area contributed by atoms with E-state index >= 15 is 0 Å². The van der Waals surface area contributed by atoms with Crippen molar-refractivity contribution in [1.29, 1.82) is 0 Å². The third-order valence-electron chi connectivity index (χ3n) is 3.39. The van der Waals surface area contributed by atoms with Gasteiger partial charge in [-0.2, -0.15) is 0 Å². The van der Waals surface area contributed by atoms with E-state index in [9.17, 15) is 13.2 Å². The minimum absolute atomic E-state index is 0.0608. The van der Waals surface area contributed by atoms with Gasteiger partial charge in [-0.05, 0) is 30.5 Å². The average molecular weight is 318 g/mol. The van der Waals surface area contributed by atoms with Crippen molar-refractivity contribution in [1.82, 2.24) is 4.31 Å². The SMILES string of the molecule is O=C(O)C1CCCN(S(=O)(=O)Cc2ccc(Cl)cc2)C1. The van der Waals surface area contributed by atoms with E-state index in [1.807, 2.05) is 0 Å². The first kappa shape index (κ1) is 15.3. The van der Waals surface area contributed by atoms with Crippen LogP contribution in [0.1, 0.15) is 18.4 Å². The second-order valence-electron chi connectivity index (χ2n) is 4.92. The van der Waals surface area contributed by atoms with E-state index in [0.29, 0.717) is 30.0 Å². The number of benzene rings is 1. The van der Waals surface area contributed by atoms with Crippen LogP contribution in [-0.4, -0.2) is 36.9 Å². The zero-order valence-electron chi connectivity index (χ0n) is 10.8. The Kier molecular flexibility index (Phi) is 4.67. The first-order valence-corrected chi connectivity index (χ1v) is 8.32. The van der Waals surface area contributed by atoms with Crippen LogP contribution in [0, 0.1) is 5.92 Å². The third-order valence-corrected chi connectivity index (χ3v) is 5.46. The van der Waals surface area contributed by atoms with Crippen molar-refractivity contribution < 1.29 is 18.3 Å². The van der Waals surface area contributed by atoms with Gasteiger partial charge in [-0.1, -0.05) is 23.7 Å². The summed E-state index contributed by atoms with van der Waals surface area (Å²) >= 11 is 5.76. The normalized spacial score (nSPS) is 20.8. The molecule has 0 saturated carbocycles. The largest absolute Gasteiger partial charge is 0.481 e. The van der Waals surface area contributed by atoms with Gasteiger partial charge in [0, 0.05) is 18.1 Å². The summed E-state index contributed by atoms with van der Waals surface area (Å²) in [5, 5.41) is 9.56. The number of halogens is 1. The molecule has 5 nitrogen and oxygen atoms in total. The molecular formula is C13H16ClNO4S. The Labute approximate surface area is 123 Å². The van der Waals surface area contributed by atoms with Crippen LogP contribution < -0.4 is 0 Å². The minimum Gasteiger partial charge on any atom is -0.481 e. The number of rotatable bonds is 4. The third kappa shape index (κ3) is 3.71. The number of carbonyl (C=O) groups is 1. The van der Waals surface area contributed by atoms with Crippen LogP contribution in [-0.2, 0) is 20.6 Å². The molecule has 1 aliphatic heterocycles. The van der Waals surface area contributed by atoms with Gasteiger partial charge in [0.2, 0.25) is 10.0 Å².